The maximum absolute atomic E-state index is 13.2. The van der Waals surface area contributed by atoms with E-state index in [2.05, 4.69) is 0 Å². The molecule has 0 bridgehead atoms. The van der Waals surface area contributed by atoms with Crippen LogP contribution in [0.25, 0.3) is 0 Å². The number of rotatable bonds is 3. The van der Waals surface area contributed by atoms with Gasteiger partial charge in [0.15, 0.2) is 11.6 Å². The third kappa shape index (κ3) is 2.29. The van der Waals surface area contributed by atoms with Crippen molar-refractivity contribution in [3.05, 3.63) is 33.9 Å². The van der Waals surface area contributed by atoms with Gasteiger partial charge in [-0.05, 0) is 0 Å². The van der Waals surface area contributed by atoms with E-state index in [0.717, 1.165) is 4.90 Å². The van der Waals surface area contributed by atoms with E-state index in [4.69, 9.17) is 5.11 Å². The average molecular weight is 286 g/mol. The van der Waals surface area contributed by atoms with Gasteiger partial charge in [0.05, 0.1) is 16.9 Å². The van der Waals surface area contributed by atoms with Crippen molar-refractivity contribution in [2.45, 2.75) is 6.42 Å². The lowest BCUT2D eigenvalue weighted by molar-refractivity contribution is -0.384. The van der Waals surface area contributed by atoms with E-state index in [-0.39, 0.29) is 13.0 Å². The lowest BCUT2D eigenvalue weighted by Crippen LogP contribution is -2.26. The third-order valence-corrected chi connectivity index (χ3v) is 2.98. The van der Waals surface area contributed by atoms with Crippen molar-refractivity contribution in [2.75, 3.05) is 11.4 Å². The van der Waals surface area contributed by atoms with Crippen LogP contribution in [-0.2, 0) is 9.59 Å². The van der Waals surface area contributed by atoms with Gasteiger partial charge < -0.3 is 10.0 Å². The number of carbonyl (C=O) groups is 2. The van der Waals surface area contributed by atoms with E-state index in [1.54, 1.807) is 0 Å². The zero-order valence-corrected chi connectivity index (χ0v) is 9.88. The average Bonchev–Trinajstić information content (AvgIpc) is 2.74. The second kappa shape index (κ2) is 4.83. The maximum Gasteiger partial charge on any atom is 0.308 e. The Labute approximate surface area is 110 Å². The van der Waals surface area contributed by atoms with Crippen molar-refractivity contribution >= 4 is 23.3 Å². The Balaban J connectivity index is 2.47. The molecule has 1 aromatic rings. The first-order valence-electron chi connectivity index (χ1n) is 5.48. The molecule has 1 N–H and O–H groups in total. The predicted octanol–water partition coefficient (Wildman–Crippen LogP) is 1.31. The number of nitro groups is 1. The number of hydrogen-bond acceptors (Lipinski definition) is 4. The van der Waals surface area contributed by atoms with Gasteiger partial charge in [-0.2, -0.15) is 0 Å². The highest BCUT2D eigenvalue weighted by Crippen LogP contribution is 2.34. The number of hydrogen-bond donors (Lipinski definition) is 1. The van der Waals surface area contributed by atoms with Crippen LogP contribution in [-0.4, -0.2) is 28.5 Å². The Bertz CT molecular complexity index is 619. The summed E-state index contributed by atoms with van der Waals surface area (Å²) in [7, 11) is 0. The van der Waals surface area contributed by atoms with Gasteiger partial charge in [-0.25, -0.2) is 8.78 Å². The molecule has 0 aromatic heterocycles. The number of carboxylic acid groups (broad SMARTS) is 1. The number of aliphatic carboxylic acids is 1. The normalized spacial score (nSPS) is 18.4. The monoisotopic (exact) mass is 286 g/mol. The second-order valence-corrected chi connectivity index (χ2v) is 4.26. The molecule has 1 unspecified atom stereocenters. The molecule has 1 fully saturated rings. The quantitative estimate of drug-likeness (QED) is 0.667. The first-order valence-corrected chi connectivity index (χ1v) is 5.48. The summed E-state index contributed by atoms with van der Waals surface area (Å²) in [4.78, 5) is 33.2. The topological polar surface area (TPSA) is 101 Å². The molecule has 0 spiro atoms. The van der Waals surface area contributed by atoms with Gasteiger partial charge >= 0.3 is 5.97 Å². The van der Waals surface area contributed by atoms with E-state index in [9.17, 15) is 28.5 Å². The van der Waals surface area contributed by atoms with Crippen molar-refractivity contribution < 1.29 is 28.4 Å². The molecule has 1 aliphatic heterocycles. The number of anilines is 1. The van der Waals surface area contributed by atoms with Gasteiger partial charge in [0.1, 0.15) is 5.69 Å². The number of halogens is 2. The minimum absolute atomic E-state index is 0.319. The Hall–Kier alpha value is -2.58. The van der Waals surface area contributed by atoms with Crippen LogP contribution in [0.1, 0.15) is 6.42 Å². The minimum Gasteiger partial charge on any atom is -0.481 e. The van der Waals surface area contributed by atoms with Crippen molar-refractivity contribution in [1.29, 1.82) is 0 Å². The summed E-state index contributed by atoms with van der Waals surface area (Å²) in [6.07, 6.45) is -0.342. The second-order valence-electron chi connectivity index (χ2n) is 4.26. The summed E-state index contributed by atoms with van der Waals surface area (Å²) >= 11 is 0. The number of benzene rings is 1. The highest BCUT2D eigenvalue weighted by atomic mass is 19.2. The molecule has 1 aliphatic rings. The van der Waals surface area contributed by atoms with Crippen LogP contribution in [0.15, 0.2) is 12.1 Å². The van der Waals surface area contributed by atoms with Crippen LogP contribution < -0.4 is 4.90 Å². The highest BCUT2D eigenvalue weighted by molar-refractivity contribution is 6.00. The van der Waals surface area contributed by atoms with E-state index < -0.39 is 45.7 Å². The van der Waals surface area contributed by atoms with Crippen LogP contribution in [0.4, 0.5) is 20.2 Å². The number of nitrogens with zero attached hydrogens (tertiary/aromatic N) is 2. The Morgan fingerprint density at radius 3 is 2.50 bits per heavy atom. The number of amides is 1. The molecule has 1 amide bonds. The maximum atomic E-state index is 13.2. The van der Waals surface area contributed by atoms with Gasteiger partial charge in [-0.15, -0.1) is 0 Å². The Morgan fingerprint density at radius 1 is 1.40 bits per heavy atom. The van der Waals surface area contributed by atoms with Crippen molar-refractivity contribution in [2.24, 2.45) is 5.92 Å². The molecule has 2 rings (SSSR count). The molecule has 1 aromatic carbocycles. The molecule has 106 valence electrons. The van der Waals surface area contributed by atoms with Crippen LogP contribution in [0.5, 0.6) is 0 Å². The third-order valence-electron chi connectivity index (χ3n) is 2.98. The SMILES string of the molecule is O=C(O)C1CC(=O)N(c2cc(F)c(F)cc2[N+](=O)[O-])C1. The molecule has 20 heavy (non-hydrogen) atoms. The van der Waals surface area contributed by atoms with Gasteiger partial charge in [-0.3, -0.25) is 19.7 Å². The van der Waals surface area contributed by atoms with E-state index in [1.165, 1.54) is 0 Å². The number of carboxylic acids is 1. The predicted molar refractivity (Wildman–Crippen MR) is 61.1 cm³/mol. The molecule has 1 atom stereocenters. The molecule has 9 heteroatoms. The molecule has 0 aliphatic carbocycles. The summed E-state index contributed by atoms with van der Waals surface area (Å²) in [5, 5.41) is 19.7. The van der Waals surface area contributed by atoms with Crippen LogP contribution in [0, 0.1) is 27.7 Å². The summed E-state index contributed by atoms with van der Waals surface area (Å²) in [6, 6.07) is 0.891. The molecule has 0 radical (unpaired) electrons. The Kier molecular flexibility index (Phi) is 3.35. The van der Waals surface area contributed by atoms with E-state index in [1.807, 2.05) is 0 Å². The molecule has 7 nitrogen and oxygen atoms in total. The molecule has 0 saturated carbocycles. The van der Waals surface area contributed by atoms with Crippen molar-refractivity contribution in [3.8, 4) is 0 Å². The van der Waals surface area contributed by atoms with E-state index in [0.29, 0.717) is 12.1 Å². The fraction of sp³-hybridized carbons (Fsp3) is 0.273. The zero-order chi connectivity index (χ0) is 15.0. The standard InChI is InChI=1S/C11H8F2N2O5/c12-6-2-8(9(15(19)20)3-7(6)13)14-4-5(11(17)18)1-10(14)16/h2-3,5H,1,4H2,(H,17,18). The molecular weight excluding hydrogens is 278 g/mol. The summed E-state index contributed by atoms with van der Waals surface area (Å²) in [6.45, 7) is -0.319. The summed E-state index contributed by atoms with van der Waals surface area (Å²) in [5.41, 5.74) is -1.23. The fourth-order valence-electron chi connectivity index (χ4n) is 1.99. The van der Waals surface area contributed by atoms with Crippen molar-refractivity contribution in [1.82, 2.24) is 0 Å². The summed E-state index contributed by atoms with van der Waals surface area (Å²) < 4.78 is 26.2. The van der Waals surface area contributed by atoms with Crippen LogP contribution in [0.2, 0.25) is 0 Å². The van der Waals surface area contributed by atoms with E-state index >= 15 is 0 Å². The Morgan fingerprint density at radius 2 is 2.00 bits per heavy atom. The van der Waals surface area contributed by atoms with Gasteiger partial charge in [0.2, 0.25) is 5.91 Å². The van der Waals surface area contributed by atoms with Crippen LogP contribution >= 0.6 is 0 Å². The summed E-state index contributed by atoms with van der Waals surface area (Å²) in [5.74, 6) is -5.72. The minimum atomic E-state index is -1.41. The van der Waals surface area contributed by atoms with Crippen molar-refractivity contribution in [3.63, 3.8) is 0 Å². The highest BCUT2D eigenvalue weighted by Gasteiger charge is 2.38. The fourth-order valence-corrected chi connectivity index (χ4v) is 1.99. The van der Waals surface area contributed by atoms with Gasteiger partial charge in [0, 0.05) is 19.0 Å². The zero-order valence-electron chi connectivity index (χ0n) is 9.88. The lowest BCUT2D eigenvalue weighted by Gasteiger charge is -2.16. The smallest absolute Gasteiger partial charge is 0.308 e. The van der Waals surface area contributed by atoms with Gasteiger partial charge in [0.25, 0.3) is 5.69 Å². The first kappa shape index (κ1) is 13.8. The number of carbonyl (C=O) groups excluding carboxylic acids is 1. The number of nitro benzene ring substituents is 1. The van der Waals surface area contributed by atoms with Crippen LogP contribution in [0.3, 0.4) is 0 Å². The lowest BCUT2D eigenvalue weighted by atomic mass is 10.1. The molecule has 1 saturated heterocycles. The molecule has 1 heterocycles. The largest absolute Gasteiger partial charge is 0.481 e. The first-order chi connectivity index (χ1) is 9.31. The van der Waals surface area contributed by atoms with Gasteiger partial charge in [-0.1, -0.05) is 0 Å². The molecular formula is C11H8F2N2O5.